The third-order valence-electron chi connectivity index (χ3n) is 7.69. The summed E-state index contributed by atoms with van der Waals surface area (Å²) < 4.78 is 7.76. The number of imide groups is 1. The lowest BCUT2D eigenvalue weighted by molar-refractivity contribution is -0.120. The fourth-order valence-electron chi connectivity index (χ4n) is 5.75. The van der Waals surface area contributed by atoms with Gasteiger partial charge < -0.3 is 15.4 Å². The third-order valence-corrected chi connectivity index (χ3v) is 7.69. The van der Waals surface area contributed by atoms with Crippen molar-refractivity contribution in [2.75, 3.05) is 44.2 Å². The second-order valence-electron chi connectivity index (χ2n) is 9.94. The summed E-state index contributed by atoms with van der Waals surface area (Å²) in [6.45, 7) is 5.16. The van der Waals surface area contributed by atoms with Crippen LogP contribution in [0, 0.1) is 5.92 Å². The number of amides is 3. The smallest absolute Gasteiger partial charge is 0.329 e. The number of aromatic nitrogens is 2. The molecule has 0 bridgehead atoms. The average Bonchev–Trinajstić information content (AvgIpc) is 3.27. The Morgan fingerprint density at radius 3 is 2.62 bits per heavy atom. The lowest BCUT2D eigenvalue weighted by Crippen LogP contribution is -2.50. The van der Waals surface area contributed by atoms with Gasteiger partial charge in [0.2, 0.25) is 5.91 Å². The molecule has 2 aliphatic heterocycles. The highest BCUT2D eigenvalue weighted by Crippen LogP contribution is 2.32. The number of fused-ring (bicyclic) bond motifs is 1. The molecule has 5 rings (SSSR count). The quantitative estimate of drug-likeness (QED) is 0.647. The van der Waals surface area contributed by atoms with Crippen LogP contribution in [0.1, 0.15) is 56.4 Å². The highest BCUT2D eigenvalue weighted by Gasteiger charge is 2.28. The topological polar surface area (TPSA) is 105 Å². The summed E-state index contributed by atoms with van der Waals surface area (Å²) in [4.78, 5) is 32.5. The number of hydrogen-bond acceptors (Lipinski definition) is 6. The van der Waals surface area contributed by atoms with Crippen LogP contribution in [-0.4, -0.2) is 71.7 Å². The normalized spacial score (nSPS) is 25.1. The van der Waals surface area contributed by atoms with Gasteiger partial charge in [0, 0.05) is 32.3 Å². The van der Waals surface area contributed by atoms with Gasteiger partial charge in [0.1, 0.15) is 11.5 Å². The molecular weight excluding hydrogens is 432 g/mol. The first kappa shape index (κ1) is 23.3. The van der Waals surface area contributed by atoms with E-state index < -0.39 is 0 Å². The molecule has 2 aromatic heterocycles. The van der Waals surface area contributed by atoms with E-state index in [1.54, 1.807) is 11.1 Å². The van der Waals surface area contributed by atoms with Crippen LogP contribution in [0.2, 0.25) is 0 Å². The first-order valence-electron chi connectivity index (χ1n) is 12.7. The van der Waals surface area contributed by atoms with Gasteiger partial charge in [0.25, 0.3) is 0 Å². The summed E-state index contributed by atoms with van der Waals surface area (Å²) in [5, 5.41) is 2.38. The number of rotatable bonds is 7. The molecule has 0 aromatic carbocycles. The molecular formula is C25H36N6O3. The van der Waals surface area contributed by atoms with Gasteiger partial charge in [0.05, 0.1) is 18.9 Å². The molecule has 2 saturated heterocycles. The van der Waals surface area contributed by atoms with Crippen molar-refractivity contribution < 1.29 is 14.3 Å². The molecule has 1 saturated carbocycles. The minimum atomic E-state index is -0.383. The van der Waals surface area contributed by atoms with Crippen molar-refractivity contribution in [3.05, 3.63) is 30.1 Å². The SMILES string of the molecule is NCCOC1CCC(CN2CCC(c3ccn4c(N5CCC(=O)NC5=O)cnc4c3)CC2)CC1. The molecule has 0 spiro atoms. The number of imidazole rings is 1. The molecule has 184 valence electrons. The molecule has 4 heterocycles. The Balaban J connectivity index is 1.14. The molecule has 0 atom stereocenters. The van der Waals surface area contributed by atoms with Crippen LogP contribution in [0.15, 0.2) is 24.5 Å². The Hall–Kier alpha value is -2.49. The van der Waals surface area contributed by atoms with E-state index >= 15 is 0 Å². The Bertz CT molecular complexity index is 1010. The fourth-order valence-corrected chi connectivity index (χ4v) is 5.75. The number of anilines is 1. The number of nitrogens with zero attached hydrogens (tertiary/aromatic N) is 4. The number of nitrogens with one attached hydrogen (secondary N) is 1. The first-order chi connectivity index (χ1) is 16.6. The van der Waals surface area contributed by atoms with Gasteiger partial charge in [-0.2, -0.15) is 0 Å². The predicted molar refractivity (Wildman–Crippen MR) is 130 cm³/mol. The maximum absolute atomic E-state index is 12.2. The summed E-state index contributed by atoms with van der Waals surface area (Å²) in [7, 11) is 0. The van der Waals surface area contributed by atoms with Crippen LogP contribution >= 0.6 is 0 Å². The van der Waals surface area contributed by atoms with Crippen LogP contribution < -0.4 is 16.0 Å². The first-order valence-corrected chi connectivity index (χ1v) is 12.7. The number of carbonyl (C=O) groups is 2. The van der Waals surface area contributed by atoms with Gasteiger partial charge in [-0.15, -0.1) is 0 Å². The monoisotopic (exact) mass is 468 g/mol. The number of urea groups is 1. The molecule has 2 aromatic rings. The number of ether oxygens (including phenoxy) is 1. The Labute approximate surface area is 200 Å². The lowest BCUT2D eigenvalue weighted by atomic mass is 9.85. The summed E-state index contributed by atoms with van der Waals surface area (Å²) >= 11 is 0. The van der Waals surface area contributed by atoms with Gasteiger partial charge in [-0.25, -0.2) is 9.78 Å². The van der Waals surface area contributed by atoms with Gasteiger partial charge in [-0.3, -0.25) is 19.4 Å². The number of likely N-dealkylation sites (tertiary alicyclic amines) is 1. The Kier molecular flexibility index (Phi) is 7.12. The summed E-state index contributed by atoms with van der Waals surface area (Å²) in [6.07, 6.45) is 11.6. The maximum Gasteiger partial charge on any atom is 0.329 e. The van der Waals surface area contributed by atoms with Crippen molar-refractivity contribution in [2.24, 2.45) is 11.7 Å². The highest BCUT2D eigenvalue weighted by atomic mass is 16.5. The van der Waals surface area contributed by atoms with Crippen molar-refractivity contribution >= 4 is 23.4 Å². The van der Waals surface area contributed by atoms with Crippen molar-refractivity contribution in [3.8, 4) is 0 Å². The molecule has 0 radical (unpaired) electrons. The minimum Gasteiger partial charge on any atom is -0.377 e. The number of nitrogens with two attached hydrogens (primary N) is 1. The zero-order chi connectivity index (χ0) is 23.5. The Morgan fingerprint density at radius 1 is 1.09 bits per heavy atom. The van der Waals surface area contributed by atoms with Gasteiger partial charge >= 0.3 is 6.03 Å². The van der Waals surface area contributed by atoms with Crippen LogP contribution in [0.4, 0.5) is 10.6 Å². The zero-order valence-corrected chi connectivity index (χ0v) is 19.8. The number of hydrogen-bond donors (Lipinski definition) is 2. The van der Waals surface area contributed by atoms with Crippen LogP contribution in [0.25, 0.3) is 5.65 Å². The zero-order valence-electron chi connectivity index (χ0n) is 19.8. The molecule has 3 N–H and O–H groups in total. The highest BCUT2D eigenvalue weighted by molar-refractivity contribution is 6.05. The van der Waals surface area contributed by atoms with E-state index in [1.165, 1.54) is 37.8 Å². The lowest BCUT2D eigenvalue weighted by Gasteiger charge is -2.36. The van der Waals surface area contributed by atoms with E-state index in [2.05, 4.69) is 27.3 Å². The third kappa shape index (κ3) is 5.11. The number of pyridine rings is 1. The van der Waals surface area contributed by atoms with E-state index in [0.717, 1.165) is 37.5 Å². The summed E-state index contributed by atoms with van der Waals surface area (Å²) in [5.41, 5.74) is 7.72. The maximum atomic E-state index is 12.2. The molecule has 0 unspecified atom stereocenters. The molecule has 34 heavy (non-hydrogen) atoms. The summed E-state index contributed by atoms with van der Waals surface area (Å²) in [6, 6.07) is 3.93. The largest absolute Gasteiger partial charge is 0.377 e. The molecule has 3 amide bonds. The van der Waals surface area contributed by atoms with Crippen molar-refractivity contribution in [3.63, 3.8) is 0 Å². The predicted octanol–water partition coefficient (Wildman–Crippen LogP) is 2.49. The molecule has 3 fully saturated rings. The van der Waals surface area contributed by atoms with Crippen LogP contribution in [-0.2, 0) is 9.53 Å². The molecule has 1 aliphatic carbocycles. The van der Waals surface area contributed by atoms with Crippen LogP contribution in [0.5, 0.6) is 0 Å². The fraction of sp³-hybridized carbons (Fsp3) is 0.640. The van der Waals surface area contributed by atoms with E-state index in [0.29, 0.717) is 44.0 Å². The van der Waals surface area contributed by atoms with E-state index in [9.17, 15) is 9.59 Å². The van der Waals surface area contributed by atoms with Crippen molar-refractivity contribution in [2.45, 2.75) is 57.0 Å². The number of piperidine rings is 1. The van der Waals surface area contributed by atoms with E-state index in [1.807, 2.05) is 10.6 Å². The molecule has 9 nitrogen and oxygen atoms in total. The molecule has 3 aliphatic rings. The van der Waals surface area contributed by atoms with Gasteiger partial charge in [0.15, 0.2) is 0 Å². The second kappa shape index (κ2) is 10.4. The number of carbonyl (C=O) groups excluding carboxylic acids is 2. The van der Waals surface area contributed by atoms with E-state index in [4.69, 9.17) is 10.5 Å². The average molecular weight is 469 g/mol. The minimum absolute atomic E-state index is 0.229. The second-order valence-corrected chi connectivity index (χ2v) is 9.94. The summed E-state index contributed by atoms with van der Waals surface area (Å²) in [5.74, 6) is 1.80. The van der Waals surface area contributed by atoms with Crippen molar-refractivity contribution in [1.29, 1.82) is 0 Å². The molecule has 9 heteroatoms. The van der Waals surface area contributed by atoms with Crippen LogP contribution in [0.3, 0.4) is 0 Å². The van der Waals surface area contributed by atoms with Gasteiger partial charge in [-0.05, 0) is 81.1 Å². The van der Waals surface area contributed by atoms with Gasteiger partial charge in [-0.1, -0.05) is 0 Å². The van der Waals surface area contributed by atoms with E-state index in [-0.39, 0.29) is 11.9 Å². The Morgan fingerprint density at radius 2 is 1.88 bits per heavy atom. The standard InChI is InChI=1S/C25H36N6O3/c26-9-14-34-21-3-1-18(2-4-21)17-29-10-5-19(6-11-29)20-7-12-30-22(15-20)27-16-24(30)31-13-8-23(32)28-25(31)33/h7,12,15-16,18-19,21H,1-6,8-11,13-14,17,26H2,(H,28,32,33). The van der Waals surface area contributed by atoms with Crippen molar-refractivity contribution in [1.82, 2.24) is 19.6 Å².